The number of halogens is 1. The van der Waals surface area contributed by atoms with Gasteiger partial charge in [0.25, 0.3) is 5.91 Å². The van der Waals surface area contributed by atoms with Gasteiger partial charge in [0.1, 0.15) is 11.0 Å². The number of hydrazine groups is 1. The van der Waals surface area contributed by atoms with Crippen molar-refractivity contribution in [3.05, 3.63) is 22.8 Å². The number of nitrogens with one attached hydrogen (secondary N) is 1. The first-order chi connectivity index (χ1) is 9.38. The van der Waals surface area contributed by atoms with Gasteiger partial charge in [0.05, 0.1) is 0 Å². The Balaban J connectivity index is 2.98. The number of pyridine rings is 1. The zero-order chi connectivity index (χ0) is 15.3. The third-order valence-corrected chi connectivity index (χ3v) is 3.15. The quantitative estimate of drug-likeness (QED) is 0.472. The van der Waals surface area contributed by atoms with E-state index in [1.165, 1.54) is 0 Å². The summed E-state index contributed by atoms with van der Waals surface area (Å²) in [5.41, 5.74) is 2.88. The molecule has 112 valence electrons. The molecule has 0 aliphatic carbocycles. The molecule has 3 N–H and O–H groups in total. The lowest BCUT2D eigenvalue weighted by Crippen LogP contribution is -2.43. The topological polar surface area (TPSA) is 74.5 Å². The van der Waals surface area contributed by atoms with Crippen LogP contribution in [-0.2, 0) is 0 Å². The third kappa shape index (κ3) is 4.33. The number of carbonyl (C=O) groups excluding carboxylic acids is 1. The van der Waals surface area contributed by atoms with E-state index in [9.17, 15) is 4.79 Å². The van der Waals surface area contributed by atoms with Gasteiger partial charge in [-0.25, -0.2) is 10.8 Å². The molecular formula is C13H22ClN5O. The molecule has 7 heteroatoms. The van der Waals surface area contributed by atoms with Crippen molar-refractivity contribution in [1.29, 1.82) is 0 Å². The zero-order valence-corrected chi connectivity index (χ0v) is 13.1. The van der Waals surface area contributed by atoms with Crippen LogP contribution in [-0.4, -0.2) is 53.9 Å². The van der Waals surface area contributed by atoms with Crippen molar-refractivity contribution < 1.29 is 4.79 Å². The van der Waals surface area contributed by atoms with Crippen LogP contribution in [0.3, 0.4) is 0 Å². The van der Waals surface area contributed by atoms with Crippen LogP contribution in [0.1, 0.15) is 24.2 Å². The molecule has 1 unspecified atom stereocenters. The first-order valence-corrected chi connectivity index (χ1v) is 6.86. The van der Waals surface area contributed by atoms with Crippen LogP contribution in [0.15, 0.2) is 12.1 Å². The van der Waals surface area contributed by atoms with Crippen molar-refractivity contribution in [3.63, 3.8) is 0 Å². The number of amides is 1. The molecule has 0 radical (unpaired) electrons. The minimum atomic E-state index is -0.0809. The Kier molecular flexibility index (Phi) is 6.19. The van der Waals surface area contributed by atoms with Crippen molar-refractivity contribution in [2.45, 2.75) is 19.9 Å². The van der Waals surface area contributed by atoms with Gasteiger partial charge in [-0.1, -0.05) is 11.6 Å². The molecule has 0 aromatic carbocycles. The zero-order valence-electron chi connectivity index (χ0n) is 12.4. The number of nitrogens with two attached hydrogens (primary N) is 1. The Hall–Kier alpha value is -1.37. The van der Waals surface area contributed by atoms with Crippen molar-refractivity contribution in [1.82, 2.24) is 14.8 Å². The highest BCUT2D eigenvalue weighted by molar-refractivity contribution is 6.29. The number of carbonyl (C=O) groups is 1. The highest BCUT2D eigenvalue weighted by Crippen LogP contribution is 2.17. The molecule has 1 amide bonds. The molecule has 0 aliphatic heterocycles. The van der Waals surface area contributed by atoms with Gasteiger partial charge in [0, 0.05) is 24.7 Å². The lowest BCUT2D eigenvalue weighted by atomic mass is 10.2. The van der Waals surface area contributed by atoms with Gasteiger partial charge in [-0.2, -0.15) is 0 Å². The molecule has 1 atom stereocenters. The highest BCUT2D eigenvalue weighted by atomic mass is 35.5. The summed E-state index contributed by atoms with van der Waals surface area (Å²) < 4.78 is 0. The van der Waals surface area contributed by atoms with Gasteiger partial charge in [0.15, 0.2) is 0 Å². The summed E-state index contributed by atoms with van der Waals surface area (Å²) >= 11 is 5.90. The number of nitrogens with zero attached hydrogens (tertiary/aromatic N) is 3. The average Bonchev–Trinajstić information content (AvgIpc) is 2.37. The summed E-state index contributed by atoms with van der Waals surface area (Å²) in [5.74, 6) is 5.61. The maximum Gasteiger partial charge on any atom is 0.254 e. The maximum atomic E-state index is 12.6. The second-order valence-electron chi connectivity index (χ2n) is 4.91. The molecule has 1 aromatic rings. The molecule has 0 aliphatic rings. The van der Waals surface area contributed by atoms with Crippen molar-refractivity contribution >= 4 is 23.3 Å². The monoisotopic (exact) mass is 299 g/mol. The summed E-state index contributed by atoms with van der Waals surface area (Å²) in [6.45, 7) is 5.39. The van der Waals surface area contributed by atoms with Gasteiger partial charge in [-0.15, -0.1) is 0 Å². The molecule has 0 spiro atoms. The van der Waals surface area contributed by atoms with Crippen LogP contribution in [0.5, 0.6) is 0 Å². The summed E-state index contributed by atoms with van der Waals surface area (Å²) in [7, 11) is 3.96. The van der Waals surface area contributed by atoms with E-state index < -0.39 is 0 Å². The van der Waals surface area contributed by atoms with Gasteiger partial charge in [-0.05, 0) is 40.1 Å². The van der Waals surface area contributed by atoms with Gasteiger partial charge in [0.2, 0.25) is 0 Å². The minimum Gasteiger partial charge on any atom is -0.335 e. The van der Waals surface area contributed by atoms with E-state index in [-0.39, 0.29) is 17.1 Å². The minimum absolute atomic E-state index is 0.0809. The van der Waals surface area contributed by atoms with Crippen LogP contribution in [0, 0.1) is 0 Å². The molecule has 20 heavy (non-hydrogen) atoms. The molecular weight excluding hydrogens is 278 g/mol. The first kappa shape index (κ1) is 16.7. The molecule has 6 nitrogen and oxygen atoms in total. The lowest BCUT2D eigenvalue weighted by molar-refractivity contribution is 0.0679. The molecule has 0 saturated heterocycles. The largest absolute Gasteiger partial charge is 0.335 e. The Morgan fingerprint density at radius 1 is 1.50 bits per heavy atom. The summed E-state index contributed by atoms with van der Waals surface area (Å²) in [6, 6.07) is 3.25. The molecule has 1 aromatic heterocycles. The molecule has 0 fully saturated rings. The highest BCUT2D eigenvalue weighted by Gasteiger charge is 2.21. The van der Waals surface area contributed by atoms with Crippen molar-refractivity contribution in [2.24, 2.45) is 5.84 Å². The van der Waals surface area contributed by atoms with Crippen molar-refractivity contribution in [2.75, 3.05) is 32.6 Å². The second kappa shape index (κ2) is 7.42. The van der Waals surface area contributed by atoms with E-state index in [1.807, 2.05) is 32.8 Å². The van der Waals surface area contributed by atoms with Gasteiger partial charge in [-0.3, -0.25) is 4.79 Å². The van der Waals surface area contributed by atoms with Crippen LogP contribution in [0.25, 0.3) is 0 Å². The Morgan fingerprint density at radius 3 is 2.65 bits per heavy atom. The van der Waals surface area contributed by atoms with E-state index in [4.69, 9.17) is 17.4 Å². The molecule has 1 heterocycles. The maximum absolute atomic E-state index is 12.6. The summed E-state index contributed by atoms with van der Waals surface area (Å²) in [6.07, 6.45) is 0. The molecule has 1 rings (SSSR count). The lowest BCUT2D eigenvalue weighted by Gasteiger charge is -2.30. The summed E-state index contributed by atoms with van der Waals surface area (Å²) in [4.78, 5) is 20.4. The van der Waals surface area contributed by atoms with Crippen LogP contribution in [0.2, 0.25) is 5.15 Å². The normalized spacial score (nSPS) is 12.3. The Labute approximate surface area is 124 Å². The SMILES string of the molecule is CCN(C(=O)c1cc(Cl)nc(NN)c1)C(C)CN(C)C. The second-order valence-corrected chi connectivity index (χ2v) is 5.30. The van der Waals surface area contributed by atoms with E-state index in [1.54, 1.807) is 17.0 Å². The smallest absolute Gasteiger partial charge is 0.254 e. The number of rotatable bonds is 6. The van der Waals surface area contributed by atoms with Gasteiger partial charge >= 0.3 is 0 Å². The number of aromatic nitrogens is 1. The van der Waals surface area contributed by atoms with E-state index in [2.05, 4.69) is 10.4 Å². The fourth-order valence-corrected chi connectivity index (χ4v) is 2.35. The standard InChI is InChI=1S/C13H22ClN5O/c1-5-19(9(2)8-18(3)4)13(20)10-6-11(14)16-12(7-10)17-15/h6-7,9H,5,8,15H2,1-4H3,(H,16,17). The number of hydrogen-bond donors (Lipinski definition) is 2. The Morgan fingerprint density at radius 2 is 2.15 bits per heavy atom. The van der Waals surface area contributed by atoms with E-state index in [0.717, 1.165) is 6.54 Å². The van der Waals surface area contributed by atoms with Gasteiger partial charge < -0.3 is 15.2 Å². The average molecular weight is 300 g/mol. The van der Waals surface area contributed by atoms with E-state index >= 15 is 0 Å². The predicted octanol–water partition coefficient (Wildman–Crippen LogP) is 1.43. The predicted molar refractivity (Wildman–Crippen MR) is 81.8 cm³/mol. The molecule has 0 saturated carbocycles. The van der Waals surface area contributed by atoms with Crippen LogP contribution >= 0.6 is 11.6 Å². The number of hydrogen-bond acceptors (Lipinski definition) is 5. The number of anilines is 1. The van der Waals surface area contributed by atoms with Crippen LogP contribution < -0.4 is 11.3 Å². The Bertz CT molecular complexity index is 466. The molecule has 0 bridgehead atoms. The van der Waals surface area contributed by atoms with E-state index in [0.29, 0.717) is 17.9 Å². The first-order valence-electron chi connectivity index (χ1n) is 6.49. The number of nitrogen functional groups attached to an aromatic ring is 1. The fourth-order valence-electron chi connectivity index (χ4n) is 2.14. The number of likely N-dealkylation sites (N-methyl/N-ethyl adjacent to an activating group) is 2. The fraction of sp³-hybridized carbons (Fsp3) is 0.538. The summed E-state index contributed by atoms with van der Waals surface area (Å²) in [5, 5.41) is 0.236. The van der Waals surface area contributed by atoms with Crippen LogP contribution in [0.4, 0.5) is 5.82 Å². The third-order valence-electron chi connectivity index (χ3n) is 2.95. The van der Waals surface area contributed by atoms with Crippen molar-refractivity contribution in [3.8, 4) is 0 Å².